The molecule has 0 atom stereocenters. The SMILES string of the molecule is COCCC1(CNCc2ccc(N)cc2OC)CC1. The quantitative estimate of drug-likeness (QED) is 0.707. The van der Waals surface area contributed by atoms with E-state index in [2.05, 4.69) is 5.32 Å². The fraction of sp³-hybridized carbons (Fsp3) is 0.600. The van der Waals surface area contributed by atoms with Crippen molar-refractivity contribution in [3.05, 3.63) is 23.8 Å². The number of nitrogens with two attached hydrogens (primary N) is 1. The molecule has 1 saturated carbocycles. The number of hydrogen-bond acceptors (Lipinski definition) is 4. The number of nitrogens with one attached hydrogen (secondary N) is 1. The van der Waals surface area contributed by atoms with Crippen molar-refractivity contribution in [2.75, 3.05) is 33.1 Å². The Morgan fingerprint density at radius 1 is 1.32 bits per heavy atom. The molecular weight excluding hydrogens is 240 g/mol. The van der Waals surface area contributed by atoms with Gasteiger partial charge in [0.15, 0.2) is 0 Å². The highest BCUT2D eigenvalue weighted by atomic mass is 16.5. The second-order valence-electron chi connectivity index (χ2n) is 5.42. The van der Waals surface area contributed by atoms with Crippen LogP contribution in [-0.2, 0) is 11.3 Å². The molecule has 106 valence electrons. The van der Waals surface area contributed by atoms with Crippen LogP contribution >= 0.6 is 0 Å². The van der Waals surface area contributed by atoms with Crippen LogP contribution in [0, 0.1) is 5.41 Å². The van der Waals surface area contributed by atoms with Gasteiger partial charge in [-0.1, -0.05) is 6.07 Å². The molecular formula is C15H24N2O2. The smallest absolute Gasteiger partial charge is 0.125 e. The Balaban J connectivity index is 1.82. The third-order valence-corrected chi connectivity index (χ3v) is 3.92. The highest BCUT2D eigenvalue weighted by Gasteiger charge is 2.41. The lowest BCUT2D eigenvalue weighted by Gasteiger charge is -2.16. The van der Waals surface area contributed by atoms with E-state index >= 15 is 0 Å². The van der Waals surface area contributed by atoms with Crippen molar-refractivity contribution < 1.29 is 9.47 Å². The van der Waals surface area contributed by atoms with E-state index in [4.69, 9.17) is 15.2 Å². The van der Waals surface area contributed by atoms with Crippen LogP contribution in [0.25, 0.3) is 0 Å². The maximum Gasteiger partial charge on any atom is 0.125 e. The van der Waals surface area contributed by atoms with Gasteiger partial charge in [0.1, 0.15) is 5.75 Å². The van der Waals surface area contributed by atoms with Crippen LogP contribution in [0.5, 0.6) is 5.75 Å². The van der Waals surface area contributed by atoms with Gasteiger partial charge in [-0.3, -0.25) is 0 Å². The predicted octanol–water partition coefficient (Wildman–Crippen LogP) is 2.18. The lowest BCUT2D eigenvalue weighted by Crippen LogP contribution is -2.24. The lowest BCUT2D eigenvalue weighted by molar-refractivity contribution is 0.171. The van der Waals surface area contributed by atoms with Gasteiger partial charge in [-0.15, -0.1) is 0 Å². The third-order valence-electron chi connectivity index (χ3n) is 3.92. The van der Waals surface area contributed by atoms with E-state index in [0.717, 1.165) is 43.1 Å². The summed E-state index contributed by atoms with van der Waals surface area (Å²) in [6.45, 7) is 2.72. The first kappa shape index (κ1) is 14.2. The van der Waals surface area contributed by atoms with Gasteiger partial charge in [-0.05, 0) is 30.7 Å². The average Bonchev–Trinajstić information content (AvgIpc) is 3.18. The van der Waals surface area contributed by atoms with Crippen molar-refractivity contribution in [3.63, 3.8) is 0 Å². The molecule has 0 unspecified atom stereocenters. The standard InChI is InChI=1S/C15H24N2O2/c1-18-8-7-15(5-6-15)11-17-10-12-3-4-13(16)9-14(12)19-2/h3-4,9,17H,5-8,10-11,16H2,1-2H3. The first-order valence-electron chi connectivity index (χ1n) is 6.81. The Morgan fingerprint density at radius 3 is 2.74 bits per heavy atom. The molecule has 0 bridgehead atoms. The number of methoxy groups -OCH3 is 2. The van der Waals surface area contributed by atoms with Gasteiger partial charge in [0, 0.05) is 44.1 Å². The molecule has 1 fully saturated rings. The molecule has 3 N–H and O–H groups in total. The number of anilines is 1. The van der Waals surface area contributed by atoms with Crippen LogP contribution in [-0.4, -0.2) is 27.4 Å². The van der Waals surface area contributed by atoms with Crippen molar-refractivity contribution in [2.45, 2.75) is 25.8 Å². The molecule has 0 heterocycles. The van der Waals surface area contributed by atoms with E-state index < -0.39 is 0 Å². The average molecular weight is 264 g/mol. The molecule has 4 heteroatoms. The molecule has 1 aliphatic rings. The summed E-state index contributed by atoms with van der Waals surface area (Å²) in [7, 11) is 3.45. The molecule has 0 spiro atoms. The Kier molecular flexibility index (Phi) is 4.66. The second-order valence-corrected chi connectivity index (χ2v) is 5.42. The monoisotopic (exact) mass is 264 g/mol. The molecule has 4 nitrogen and oxygen atoms in total. The van der Waals surface area contributed by atoms with Crippen LogP contribution in [0.2, 0.25) is 0 Å². The minimum Gasteiger partial charge on any atom is -0.496 e. The molecule has 0 aliphatic heterocycles. The maximum absolute atomic E-state index is 5.75. The Labute approximate surface area is 115 Å². The second kappa shape index (κ2) is 6.26. The number of hydrogen-bond donors (Lipinski definition) is 2. The van der Waals surface area contributed by atoms with E-state index in [1.54, 1.807) is 14.2 Å². The predicted molar refractivity (Wildman–Crippen MR) is 77.3 cm³/mol. The molecule has 2 rings (SSSR count). The zero-order chi connectivity index (χ0) is 13.7. The van der Waals surface area contributed by atoms with E-state index in [1.165, 1.54) is 12.8 Å². The number of ether oxygens (including phenoxy) is 2. The van der Waals surface area contributed by atoms with Crippen LogP contribution in [0.3, 0.4) is 0 Å². The van der Waals surface area contributed by atoms with Crippen molar-refractivity contribution in [1.29, 1.82) is 0 Å². The fourth-order valence-corrected chi connectivity index (χ4v) is 2.38. The van der Waals surface area contributed by atoms with E-state index in [9.17, 15) is 0 Å². The summed E-state index contributed by atoms with van der Waals surface area (Å²) < 4.78 is 10.5. The van der Waals surface area contributed by atoms with Crippen molar-refractivity contribution in [3.8, 4) is 5.75 Å². The van der Waals surface area contributed by atoms with Gasteiger partial charge in [0.2, 0.25) is 0 Å². The van der Waals surface area contributed by atoms with Crippen LogP contribution < -0.4 is 15.8 Å². The first-order valence-corrected chi connectivity index (χ1v) is 6.81. The van der Waals surface area contributed by atoms with E-state index in [-0.39, 0.29) is 0 Å². The van der Waals surface area contributed by atoms with Gasteiger partial charge >= 0.3 is 0 Å². The minimum atomic E-state index is 0.469. The topological polar surface area (TPSA) is 56.5 Å². The fourth-order valence-electron chi connectivity index (χ4n) is 2.38. The first-order chi connectivity index (χ1) is 9.19. The Bertz CT molecular complexity index is 417. The van der Waals surface area contributed by atoms with Crippen molar-refractivity contribution in [2.24, 2.45) is 5.41 Å². The zero-order valence-electron chi connectivity index (χ0n) is 11.9. The summed E-state index contributed by atoms with van der Waals surface area (Å²) in [5.74, 6) is 0.856. The summed E-state index contributed by atoms with van der Waals surface area (Å²) >= 11 is 0. The van der Waals surface area contributed by atoms with E-state index in [1.807, 2.05) is 18.2 Å². The van der Waals surface area contributed by atoms with E-state index in [0.29, 0.717) is 5.41 Å². The van der Waals surface area contributed by atoms with Crippen LogP contribution in [0.1, 0.15) is 24.8 Å². The van der Waals surface area contributed by atoms with Gasteiger partial charge in [0.25, 0.3) is 0 Å². The van der Waals surface area contributed by atoms with Gasteiger partial charge in [-0.2, -0.15) is 0 Å². The molecule has 1 aromatic rings. The Hall–Kier alpha value is -1.26. The van der Waals surface area contributed by atoms with Crippen molar-refractivity contribution >= 4 is 5.69 Å². The summed E-state index contributed by atoms with van der Waals surface area (Å²) in [6.07, 6.45) is 3.76. The molecule has 1 aliphatic carbocycles. The molecule has 0 aromatic heterocycles. The third kappa shape index (κ3) is 3.85. The summed E-state index contributed by atoms with van der Waals surface area (Å²) in [5.41, 5.74) is 8.11. The largest absolute Gasteiger partial charge is 0.496 e. The summed E-state index contributed by atoms with van der Waals surface area (Å²) in [5, 5.41) is 3.53. The number of rotatable bonds is 8. The maximum atomic E-state index is 5.75. The Morgan fingerprint density at radius 2 is 2.11 bits per heavy atom. The molecule has 19 heavy (non-hydrogen) atoms. The molecule has 0 radical (unpaired) electrons. The zero-order valence-corrected chi connectivity index (χ0v) is 11.9. The van der Waals surface area contributed by atoms with Gasteiger partial charge in [-0.25, -0.2) is 0 Å². The molecule has 0 saturated heterocycles. The van der Waals surface area contributed by atoms with Crippen LogP contribution in [0.4, 0.5) is 5.69 Å². The summed E-state index contributed by atoms with van der Waals surface area (Å²) in [4.78, 5) is 0. The normalized spacial score (nSPS) is 16.3. The van der Waals surface area contributed by atoms with Crippen LogP contribution in [0.15, 0.2) is 18.2 Å². The number of nitrogen functional groups attached to an aromatic ring is 1. The summed E-state index contributed by atoms with van der Waals surface area (Å²) in [6, 6.07) is 5.81. The highest BCUT2D eigenvalue weighted by molar-refractivity contribution is 5.48. The minimum absolute atomic E-state index is 0.469. The number of benzene rings is 1. The van der Waals surface area contributed by atoms with Gasteiger partial charge < -0.3 is 20.5 Å². The van der Waals surface area contributed by atoms with Crippen molar-refractivity contribution in [1.82, 2.24) is 5.32 Å². The molecule has 1 aromatic carbocycles. The molecule has 0 amide bonds. The highest BCUT2D eigenvalue weighted by Crippen LogP contribution is 2.48. The van der Waals surface area contributed by atoms with Gasteiger partial charge in [0.05, 0.1) is 7.11 Å². The lowest BCUT2D eigenvalue weighted by atomic mass is 10.0.